The van der Waals surface area contributed by atoms with E-state index in [4.69, 9.17) is 0 Å². The Bertz CT molecular complexity index is 3900. The molecule has 8 aromatic carbocycles. The summed E-state index contributed by atoms with van der Waals surface area (Å²) >= 11 is 1.85. The Morgan fingerprint density at radius 2 is 1.10 bits per heavy atom. The minimum absolute atomic E-state index is 0.00827. The van der Waals surface area contributed by atoms with Gasteiger partial charge in [-0.15, -0.1) is 11.3 Å². The van der Waals surface area contributed by atoms with Crippen LogP contribution in [-0.4, -0.2) is 6.71 Å². The fourth-order valence-corrected chi connectivity index (χ4v) is 15.7. The molecule has 0 N–H and O–H groups in total. The number of fused-ring (bicyclic) bond motifs is 9. The molecular weight excluding hydrogens is 888 g/mol. The first-order valence-electron chi connectivity index (χ1n) is 27.7. The monoisotopic (exact) mass is 958 g/mol. The molecule has 0 saturated heterocycles. The van der Waals surface area contributed by atoms with Crippen molar-refractivity contribution >= 4 is 88.7 Å². The summed E-state index contributed by atoms with van der Waals surface area (Å²) in [6.07, 6.45) is 2.08. The number of aryl methyl sites for hydroxylation is 2. The van der Waals surface area contributed by atoms with Crippen LogP contribution in [-0.2, 0) is 27.1 Å². The first-order valence-corrected chi connectivity index (χ1v) is 27.0. The van der Waals surface area contributed by atoms with Crippen molar-refractivity contribution in [3.05, 3.63) is 185 Å². The number of thiophene rings is 1. The third-order valence-corrected chi connectivity index (χ3v) is 18.5. The van der Waals surface area contributed by atoms with Gasteiger partial charge in [-0.05, 0) is 180 Å². The van der Waals surface area contributed by atoms with Crippen LogP contribution >= 0.6 is 11.3 Å². The van der Waals surface area contributed by atoms with Gasteiger partial charge >= 0.3 is 0 Å². The molecule has 358 valence electrons. The van der Waals surface area contributed by atoms with Crippen LogP contribution in [0.4, 0.5) is 34.1 Å². The SMILES string of the molecule is [2H]C([2H])([2H])c1cc2c3c(c1)N(c1ccc(C(C)(C)C)cc1-c1ccccc1)c1cc4c(cc1B3c1ccc(-c3cccc5sc6ccccc6c35)cc1N2c1cc2c(cc1C)C(C)(C)CC2(C)C)C(C)(C)CC4(C)C. The molecule has 2 aliphatic carbocycles. The lowest BCUT2D eigenvalue weighted by Gasteiger charge is -2.46. The average Bonchev–Trinajstić information content (AvgIpc) is 4.05. The molecule has 13 rings (SSSR count). The van der Waals surface area contributed by atoms with Crippen molar-refractivity contribution in [3.8, 4) is 22.3 Å². The highest BCUT2D eigenvalue weighted by atomic mass is 32.1. The molecule has 0 saturated carbocycles. The van der Waals surface area contributed by atoms with E-state index in [1.165, 1.54) is 70.0 Å². The Labute approximate surface area is 437 Å². The molecule has 0 amide bonds. The van der Waals surface area contributed by atoms with E-state index in [0.717, 1.165) is 69.1 Å². The molecule has 2 aliphatic heterocycles. The molecular formula is C68H67BN2S. The van der Waals surface area contributed by atoms with Crippen LogP contribution in [0.3, 0.4) is 0 Å². The number of rotatable bonds is 4. The van der Waals surface area contributed by atoms with Gasteiger partial charge in [0.05, 0.1) is 5.69 Å². The molecule has 9 aromatic rings. The van der Waals surface area contributed by atoms with E-state index in [1.807, 2.05) is 23.5 Å². The summed E-state index contributed by atoms with van der Waals surface area (Å²) in [5.41, 5.74) is 22.3. The van der Waals surface area contributed by atoms with Crippen molar-refractivity contribution < 1.29 is 4.11 Å². The van der Waals surface area contributed by atoms with Crippen LogP contribution in [0.5, 0.6) is 0 Å². The number of anilines is 6. The van der Waals surface area contributed by atoms with Gasteiger partial charge in [0.2, 0.25) is 0 Å². The maximum atomic E-state index is 9.34. The van der Waals surface area contributed by atoms with Gasteiger partial charge in [-0.2, -0.15) is 0 Å². The maximum absolute atomic E-state index is 9.34. The molecule has 4 aliphatic rings. The van der Waals surface area contributed by atoms with Crippen molar-refractivity contribution in [2.24, 2.45) is 0 Å². The van der Waals surface area contributed by atoms with Crippen LogP contribution in [0.2, 0.25) is 0 Å². The van der Waals surface area contributed by atoms with E-state index in [2.05, 4.69) is 226 Å². The molecule has 0 atom stereocenters. The Morgan fingerprint density at radius 1 is 0.500 bits per heavy atom. The van der Waals surface area contributed by atoms with E-state index >= 15 is 0 Å². The van der Waals surface area contributed by atoms with Crippen LogP contribution in [0, 0.1) is 13.8 Å². The molecule has 0 radical (unpaired) electrons. The Hall–Kier alpha value is -6.36. The number of nitrogens with zero attached hydrogens (tertiary/aromatic N) is 2. The molecule has 72 heavy (non-hydrogen) atoms. The van der Waals surface area contributed by atoms with Crippen LogP contribution < -0.4 is 26.2 Å². The van der Waals surface area contributed by atoms with E-state index in [9.17, 15) is 4.11 Å². The third-order valence-electron chi connectivity index (χ3n) is 17.4. The summed E-state index contributed by atoms with van der Waals surface area (Å²) in [6.45, 7) is 25.7. The quantitative estimate of drug-likeness (QED) is 0.162. The molecule has 4 heteroatoms. The van der Waals surface area contributed by atoms with Crippen molar-refractivity contribution in [1.29, 1.82) is 0 Å². The second-order valence-electron chi connectivity index (χ2n) is 25.5. The smallest absolute Gasteiger partial charge is 0.252 e. The Kier molecular flexibility index (Phi) is 8.85. The van der Waals surface area contributed by atoms with Crippen LogP contribution in [0.25, 0.3) is 42.4 Å². The Balaban J connectivity index is 1.18. The van der Waals surface area contributed by atoms with Gasteiger partial charge in [0.15, 0.2) is 0 Å². The zero-order valence-corrected chi connectivity index (χ0v) is 45.0. The first-order chi connectivity index (χ1) is 35.3. The molecule has 0 bridgehead atoms. The second-order valence-corrected chi connectivity index (χ2v) is 26.5. The summed E-state index contributed by atoms with van der Waals surface area (Å²) < 4.78 is 30.6. The van der Waals surface area contributed by atoms with Gasteiger partial charge in [-0.25, -0.2) is 0 Å². The topological polar surface area (TPSA) is 6.48 Å². The molecule has 0 unspecified atom stereocenters. The predicted molar refractivity (Wildman–Crippen MR) is 314 cm³/mol. The lowest BCUT2D eigenvalue weighted by atomic mass is 9.33. The van der Waals surface area contributed by atoms with Crippen LogP contribution in [0.15, 0.2) is 146 Å². The lowest BCUT2D eigenvalue weighted by molar-refractivity contribution is 0.402. The fraction of sp³-hybridized carbons (Fsp3) is 0.294. The normalized spacial score (nSPS) is 18.3. The maximum Gasteiger partial charge on any atom is 0.252 e. The largest absolute Gasteiger partial charge is 0.311 e. The number of hydrogen-bond acceptors (Lipinski definition) is 3. The minimum atomic E-state index is -2.41. The number of benzene rings is 8. The Morgan fingerprint density at radius 3 is 1.78 bits per heavy atom. The van der Waals surface area contributed by atoms with E-state index in [-0.39, 0.29) is 33.8 Å². The number of hydrogen-bond donors (Lipinski definition) is 0. The molecule has 0 spiro atoms. The highest BCUT2D eigenvalue weighted by Gasteiger charge is 2.49. The van der Waals surface area contributed by atoms with Crippen LogP contribution in [0.1, 0.15) is 132 Å². The average molecular weight is 958 g/mol. The van der Waals surface area contributed by atoms with Crippen molar-refractivity contribution in [3.63, 3.8) is 0 Å². The summed E-state index contributed by atoms with van der Waals surface area (Å²) in [5, 5.41) is 2.54. The first kappa shape index (κ1) is 42.2. The molecule has 1 aromatic heterocycles. The van der Waals surface area contributed by atoms with Gasteiger partial charge in [0.1, 0.15) is 0 Å². The third kappa shape index (κ3) is 6.59. The molecule has 3 heterocycles. The zero-order valence-electron chi connectivity index (χ0n) is 47.2. The minimum Gasteiger partial charge on any atom is -0.311 e. The van der Waals surface area contributed by atoms with Gasteiger partial charge < -0.3 is 9.80 Å². The predicted octanol–water partition coefficient (Wildman–Crippen LogP) is 17.3. The fourth-order valence-electron chi connectivity index (χ4n) is 14.6. The zero-order chi connectivity index (χ0) is 52.7. The van der Waals surface area contributed by atoms with Crippen molar-refractivity contribution in [1.82, 2.24) is 0 Å². The second kappa shape index (κ2) is 15.1. The summed E-state index contributed by atoms with van der Waals surface area (Å²) in [5.74, 6) is 0. The van der Waals surface area contributed by atoms with Gasteiger partial charge in [-0.1, -0.05) is 167 Å². The van der Waals surface area contributed by atoms with E-state index in [1.54, 1.807) is 0 Å². The van der Waals surface area contributed by atoms with Gasteiger partial charge in [0.25, 0.3) is 6.71 Å². The van der Waals surface area contributed by atoms with Gasteiger partial charge in [-0.3, -0.25) is 0 Å². The highest BCUT2D eigenvalue weighted by molar-refractivity contribution is 7.26. The van der Waals surface area contributed by atoms with E-state index in [0.29, 0.717) is 5.56 Å². The molecule has 2 nitrogen and oxygen atoms in total. The molecule has 0 fully saturated rings. The summed E-state index contributed by atoms with van der Waals surface area (Å²) in [7, 11) is 0. The van der Waals surface area contributed by atoms with E-state index < -0.39 is 6.85 Å². The van der Waals surface area contributed by atoms with Crippen molar-refractivity contribution in [2.45, 2.75) is 130 Å². The standard InChI is InChI=1S/C68H67BN2S/c1-40-30-58-63-59(31-40)71(55-36-50-48(32-41(55)2)65(6,7)38-67(50,10)11)56-33-43(45-23-19-25-61-62(45)46-22-17-18-24-60(46)72-61)26-28-52(56)69(63)53-35-49-51(68(12,13)39-66(49,8)9)37-57(53)70(58)54-29-27-44(64(3,4)5)34-47(54)42-20-15-14-16-21-42/h14-37H,38-39H2,1-13H3/i1D3. The van der Waals surface area contributed by atoms with Crippen molar-refractivity contribution in [2.75, 3.05) is 9.80 Å². The lowest BCUT2D eigenvalue weighted by Crippen LogP contribution is -2.61. The summed E-state index contributed by atoms with van der Waals surface area (Å²) in [6, 6.07) is 54.6. The van der Waals surface area contributed by atoms with Gasteiger partial charge in [0, 0.05) is 58.3 Å². The summed E-state index contributed by atoms with van der Waals surface area (Å²) in [4.78, 5) is 4.95. The highest BCUT2D eigenvalue weighted by Crippen LogP contribution is 2.56.